The maximum Gasteiger partial charge on any atom is 0.248 e. The Kier molecular flexibility index (Phi) is 5.07. The Hall–Kier alpha value is -1.94. The second-order valence-corrected chi connectivity index (χ2v) is 5.35. The first-order chi connectivity index (χ1) is 9.70. The standard InChI is InChI=1S/C16H17NO2S/c1-19-15-5-3-2-4-14(15)11-20-10-12-6-8-13(9-7-12)16(17)18/h2-9H,10-11H2,1H3,(H2,17,18). The molecule has 2 aromatic carbocycles. The van der Waals surface area contributed by atoms with Crippen molar-refractivity contribution in [1.29, 1.82) is 0 Å². The predicted molar refractivity (Wildman–Crippen MR) is 83.0 cm³/mol. The summed E-state index contributed by atoms with van der Waals surface area (Å²) in [5.41, 5.74) is 8.12. The molecule has 0 saturated carbocycles. The van der Waals surface area contributed by atoms with Crippen LogP contribution in [0.25, 0.3) is 0 Å². The minimum Gasteiger partial charge on any atom is -0.496 e. The van der Waals surface area contributed by atoms with Gasteiger partial charge in [0.15, 0.2) is 0 Å². The first-order valence-corrected chi connectivity index (χ1v) is 7.44. The molecule has 0 atom stereocenters. The van der Waals surface area contributed by atoms with Crippen molar-refractivity contribution in [2.45, 2.75) is 11.5 Å². The van der Waals surface area contributed by atoms with E-state index < -0.39 is 5.91 Å². The Morgan fingerprint density at radius 3 is 2.45 bits per heavy atom. The highest BCUT2D eigenvalue weighted by molar-refractivity contribution is 7.97. The van der Waals surface area contributed by atoms with Crippen LogP contribution in [-0.4, -0.2) is 13.0 Å². The van der Waals surface area contributed by atoms with Gasteiger partial charge in [0.1, 0.15) is 5.75 Å². The van der Waals surface area contributed by atoms with Crippen LogP contribution in [0.5, 0.6) is 5.75 Å². The number of hydrogen-bond donors (Lipinski definition) is 1. The van der Waals surface area contributed by atoms with Gasteiger partial charge in [0.05, 0.1) is 7.11 Å². The van der Waals surface area contributed by atoms with Gasteiger partial charge >= 0.3 is 0 Å². The van der Waals surface area contributed by atoms with Crippen molar-refractivity contribution in [1.82, 2.24) is 0 Å². The smallest absolute Gasteiger partial charge is 0.248 e. The van der Waals surface area contributed by atoms with Crippen molar-refractivity contribution >= 4 is 17.7 Å². The van der Waals surface area contributed by atoms with Crippen molar-refractivity contribution in [2.75, 3.05) is 7.11 Å². The fourth-order valence-electron chi connectivity index (χ4n) is 1.87. The van der Waals surface area contributed by atoms with E-state index in [4.69, 9.17) is 10.5 Å². The van der Waals surface area contributed by atoms with E-state index in [9.17, 15) is 4.79 Å². The van der Waals surface area contributed by atoms with E-state index in [2.05, 4.69) is 6.07 Å². The number of methoxy groups -OCH3 is 1. The number of thioether (sulfide) groups is 1. The number of rotatable bonds is 6. The topological polar surface area (TPSA) is 52.3 Å². The average molecular weight is 287 g/mol. The molecule has 0 aliphatic heterocycles. The van der Waals surface area contributed by atoms with E-state index in [-0.39, 0.29) is 0 Å². The summed E-state index contributed by atoms with van der Waals surface area (Å²) < 4.78 is 5.33. The highest BCUT2D eigenvalue weighted by Gasteiger charge is 2.03. The molecule has 20 heavy (non-hydrogen) atoms. The summed E-state index contributed by atoms with van der Waals surface area (Å²) in [5, 5.41) is 0. The third-order valence-electron chi connectivity index (χ3n) is 2.96. The second kappa shape index (κ2) is 7.01. The summed E-state index contributed by atoms with van der Waals surface area (Å²) >= 11 is 1.81. The average Bonchev–Trinajstić information content (AvgIpc) is 2.48. The summed E-state index contributed by atoms with van der Waals surface area (Å²) in [5.74, 6) is 2.31. The summed E-state index contributed by atoms with van der Waals surface area (Å²) in [4.78, 5) is 11.0. The van der Waals surface area contributed by atoms with Gasteiger partial charge in [-0.15, -0.1) is 0 Å². The fourth-order valence-corrected chi connectivity index (χ4v) is 2.85. The molecule has 0 aliphatic carbocycles. The number of hydrogen-bond acceptors (Lipinski definition) is 3. The Morgan fingerprint density at radius 1 is 1.10 bits per heavy atom. The van der Waals surface area contributed by atoms with Crippen molar-refractivity contribution in [3.05, 3.63) is 65.2 Å². The second-order valence-electron chi connectivity index (χ2n) is 4.37. The van der Waals surface area contributed by atoms with Gasteiger partial charge in [-0.3, -0.25) is 4.79 Å². The minimum absolute atomic E-state index is 0.391. The Labute approximate surface area is 123 Å². The van der Waals surface area contributed by atoms with Crippen LogP contribution in [0.4, 0.5) is 0 Å². The molecule has 2 N–H and O–H groups in total. The molecule has 0 radical (unpaired) electrons. The van der Waals surface area contributed by atoms with Crippen LogP contribution in [0.1, 0.15) is 21.5 Å². The number of ether oxygens (including phenoxy) is 1. The highest BCUT2D eigenvalue weighted by atomic mass is 32.2. The van der Waals surface area contributed by atoms with Crippen molar-refractivity contribution in [2.24, 2.45) is 5.73 Å². The number of carbonyl (C=O) groups is 1. The van der Waals surface area contributed by atoms with Crippen LogP contribution in [0.15, 0.2) is 48.5 Å². The van der Waals surface area contributed by atoms with Gasteiger partial charge in [0.25, 0.3) is 0 Å². The van der Waals surface area contributed by atoms with E-state index >= 15 is 0 Å². The molecule has 0 spiro atoms. The van der Waals surface area contributed by atoms with Crippen LogP contribution in [0, 0.1) is 0 Å². The monoisotopic (exact) mass is 287 g/mol. The van der Waals surface area contributed by atoms with E-state index in [0.29, 0.717) is 5.56 Å². The number of primary amides is 1. The third-order valence-corrected chi connectivity index (χ3v) is 4.01. The van der Waals surface area contributed by atoms with Crippen molar-refractivity contribution < 1.29 is 9.53 Å². The zero-order valence-electron chi connectivity index (χ0n) is 11.3. The lowest BCUT2D eigenvalue weighted by atomic mass is 10.1. The number of nitrogens with two attached hydrogens (primary N) is 1. The van der Waals surface area contributed by atoms with E-state index in [1.807, 2.05) is 42.1 Å². The number of amides is 1. The molecule has 1 amide bonds. The molecule has 0 bridgehead atoms. The van der Waals surface area contributed by atoms with Gasteiger partial charge < -0.3 is 10.5 Å². The Balaban J connectivity index is 1.91. The molecular weight excluding hydrogens is 270 g/mol. The largest absolute Gasteiger partial charge is 0.496 e. The summed E-state index contributed by atoms with van der Waals surface area (Å²) in [6.07, 6.45) is 0. The molecule has 3 nitrogen and oxygen atoms in total. The van der Waals surface area contributed by atoms with Crippen LogP contribution < -0.4 is 10.5 Å². The molecular formula is C16H17NO2S. The fraction of sp³-hybridized carbons (Fsp3) is 0.188. The first-order valence-electron chi connectivity index (χ1n) is 6.29. The zero-order chi connectivity index (χ0) is 14.4. The van der Waals surface area contributed by atoms with E-state index in [0.717, 1.165) is 17.3 Å². The van der Waals surface area contributed by atoms with E-state index in [1.165, 1.54) is 11.1 Å². The van der Waals surface area contributed by atoms with Crippen LogP contribution in [-0.2, 0) is 11.5 Å². The van der Waals surface area contributed by atoms with Gasteiger partial charge in [0, 0.05) is 22.6 Å². The highest BCUT2D eigenvalue weighted by Crippen LogP contribution is 2.24. The maximum atomic E-state index is 11.0. The summed E-state index contributed by atoms with van der Waals surface area (Å²) in [6.45, 7) is 0. The quantitative estimate of drug-likeness (QED) is 0.887. The molecule has 4 heteroatoms. The predicted octanol–water partition coefficient (Wildman–Crippen LogP) is 3.23. The molecule has 0 fully saturated rings. The van der Waals surface area contributed by atoms with Crippen LogP contribution in [0.3, 0.4) is 0 Å². The van der Waals surface area contributed by atoms with Gasteiger partial charge in [-0.2, -0.15) is 11.8 Å². The first kappa shape index (κ1) is 14.5. The molecule has 104 valence electrons. The molecule has 0 unspecified atom stereocenters. The van der Waals surface area contributed by atoms with Crippen LogP contribution in [0.2, 0.25) is 0 Å². The molecule has 2 rings (SSSR count). The molecule has 0 saturated heterocycles. The number of carbonyl (C=O) groups excluding carboxylic acids is 1. The summed E-state index contributed by atoms with van der Waals surface area (Å²) in [7, 11) is 1.69. The third kappa shape index (κ3) is 3.78. The Bertz CT molecular complexity index is 581. The Morgan fingerprint density at radius 2 is 1.80 bits per heavy atom. The lowest BCUT2D eigenvalue weighted by molar-refractivity contribution is 0.100. The van der Waals surface area contributed by atoms with Crippen molar-refractivity contribution in [3.63, 3.8) is 0 Å². The normalized spacial score (nSPS) is 10.2. The maximum absolute atomic E-state index is 11.0. The van der Waals surface area contributed by atoms with Gasteiger partial charge in [0.2, 0.25) is 5.91 Å². The van der Waals surface area contributed by atoms with Gasteiger partial charge in [-0.1, -0.05) is 30.3 Å². The number of para-hydroxylation sites is 1. The lowest BCUT2D eigenvalue weighted by Crippen LogP contribution is -2.10. The molecule has 0 aromatic heterocycles. The molecule has 0 heterocycles. The van der Waals surface area contributed by atoms with Crippen molar-refractivity contribution in [3.8, 4) is 5.75 Å². The van der Waals surface area contributed by atoms with Gasteiger partial charge in [-0.25, -0.2) is 0 Å². The lowest BCUT2D eigenvalue weighted by Gasteiger charge is -2.08. The van der Waals surface area contributed by atoms with Gasteiger partial charge in [-0.05, 0) is 23.8 Å². The zero-order valence-corrected chi connectivity index (χ0v) is 12.2. The minimum atomic E-state index is -0.391. The number of benzene rings is 2. The summed E-state index contributed by atoms with van der Waals surface area (Å²) in [6, 6.07) is 15.4. The van der Waals surface area contributed by atoms with E-state index in [1.54, 1.807) is 19.2 Å². The molecule has 2 aromatic rings. The molecule has 0 aliphatic rings. The van der Waals surface area contributed by atoms with Crippen LogP contribution >= 0.6 is 11.8 Å². The SMILES string of the molecule is COc1ccccc1CSCc1ccc(C(N)=O)cc1.